The number of nitrogens with one attached hydrogen (secondary N) is 1. The van der Waals surface area contributed by atoms with Crippen molar-refractivity contribution in [2.75, 3.05) is 11.6 Å². The smallest absolute Gasteiger partial charge is 0.225 e. The van der Waals surface area contributed by atoms with Crippen LogP contribution in [0.25, 0.3) is 0 Å². The molecule has 6 heteroatoms. The molecule has 0 aromatic carbocycles. The summed E-state index contributed by atoms with van der Waals surface area (Å²) in [6, 6.07) is 2.87. The van der Waals surface area contributed by atoms with E-state index in [1.807, 2.05) is 0 Å². The summed E-state index contributed by atoms with van der Waals surface area (Å²) in [7, 11) is -3.23. The number of nitrogens with zero attached hydrogens (tertiary/aromatic N) is 1. The van der Waals surface area contributed by atoms with E-state index in [1.165, 1.54) is 18.3 Å². The lowest BCUT2D eigenvalue weighted by Crippen LogP contribution is -2.11. The fourth-order valence-corrected chi connectivity index (χ4v) is 1.46. The molecule has 82 valence electrons. The number of aromatic nitrogens is 1. The molecular weight excluding hydrogens is 216 g/mol. The van der Waals surface area contributed by atoms with Crippen LogP contribution in [-0.4, -0.2) is 25.6 Å². The molecule has 0 atom stereocenters. The number of pyridine rings is 1. The topological polar surface area (TPSA) is 76.1 Å². The maximum Gasteiger partial charge on any atom is 0.225 e. The van der Waals surface area contributed by atoms with Crippen molar-refractivity contribution in [3.8, 4) is 0 Å². The van der Waals surface area contributed by atoms with Gasteiger partial charge in [-0.25, -0.2) is 13.4 Å². The van der Waals surface area contributed by atoms with Crippen molar-refractivity contribution in [3.05, 3.63) is 18.3 Å². The van der Waals surface area contributed by atoms with Gasteiger partial charge in [-0.1, -0.05) is 6.92 Å². The van der Waals surface area contributed by atoms with E-state index in [1.54, 1.807) is 6.92 Å². The molecule has 0 saturated heterocycles. The van der Waals surface area contributed by atoms with Crippen molar-refractivity contribution in [2.45, 2.75) is 18.2 Å². The van der Waals surface area contributed by atoms with Crippen molar-refractivity contribution in [1.29, 1.82) is 0 Å². The molecule has 5 nitrogen and oxygen atoms in total. The molecule has 0 saturated carbocycles. The molecule has 0 aliphatic heterocycles. The van der Waals surface area contributed by atoms with Crippen molar-refractivity contribution >= 4 is 21.6 Å². The second kappa shape index (κ2) is 4.39. The van der Waals surface area contributed by atoms with Gasteiger partial charge in [-0.15, -0.1) is 0 Å². The Bertz CT molecular complexity index is 451. The standard InChI is InChI=1S/C9H12N2O3S/c1-3-9(12)11-8-5-4-7(6-10-8)15(2,13)14/h4-6H,3H2,1-2H3,(H,10,11,12). The highest BCUT2D eigenvalue weighted by molar-refractivity contribution is 7.90. The predicted molar refractivity (Wildman–Crippen MR) is 56.3 cm³/mol. The van der Waals surface area contributed by atoms with Gasteiger partial charge in [0, 0.05) is 18.9 Å². The van der Waals surface area contributed by atoms with E-state index in [0.717, 1.165) is 6.26 Å². The van der Waals surface area contributed by atoms with Gasteiger partial charge in [-0.05, 0) is 12.1 Å². The highest BCUT2D eigenvalue weighted by Gasteiger charge is 2.07. The molecule has 1 amide bonds. The zero-order valence-corrected chi connectivity index (χ0v) is 9.34. The van der Waals surface area contributed by atoms with Gasteiger partial charge in [0.1, 0.15) is 5.82 Å². The monoisotopic (exact) mass is 228 g/mol. The van der Waals surface area contributed by atoms with Crippen LogP contribution < -0.4 is 5.32 Å². The minimum absolute atomic E-state index is 0.136. The van der Waals surface area contributed by atoms with Crippen LogP contribution in [0, 0.1) is 0 Å². The van der Waals surface area contributed by atoms with Crippen LogP contribution in [0.2, 0.25) is 0 Å². The van der Waals surface area contributed by atoms with E-state index < -0.39 is 9.84 Å². The molecule has 0 radical (unpaired) electrons. The maximum absolute atomic E-state index is 11.1. The van der Waals surface area contributed by atoms with Gasteiger partial charge in [-0.2, -0.15) is 0 Å². The Hall–Kier alpha value is -1.43. The number of amides is 1. The molecule has 0 unspecified atom stereocenters. The van der Waals surface area contributed by atoms with Crippen LogP contribution >= 0.6 is 0 Å². The maximum atomic E-state index is 11.1. The fourth-order valence-electron chi connectivity index (χ4n) is 0.905. The van der Waals surface area contributed by atoms with Gasteiger partial charge in [-0.3, -0.25) is 4.79 Å². The summed E-state index contributed by atoms with van der Waals surface area (Å²) >= 11 is 0. The third-order valence-electron chi connectivity index (χ3n) is 1.75. The van der Waals surface area contributed by atoms with E-state index in [0.29, 0.717) is 12.2 Å². The molecule has 1 aromatic rings. The molecule has 1 heterocycles. The summed E-state index contributed by atoms with van der Waals surface area (Å²) in [4.78, 5) is 15.0. The van der Waals surface area contributed by atoms with E-state index >= 15 is 0 Å². The molecule has 0 spiro atoms. The Kier molecular flexibility index (Phi) is 3.41. The Morgan fingerprint density at radius 1 is 1.47 bits per heavy atom. The summed E-state index contributed by atoms with van der Waals surface area (Å²) in [5.74, 6) is 0.198. The Labute approximate surface area is 88.4 Å². The first-order valence-electron chi connectivity index (χ1n) is 4.39. The van der Waals surface area contributed by atoms with Crippen LogP contribution in [0.5, 0.6) is 0 Å². The first-order valence-corrected chi connectivity index (χ1v) is 6.28. The molecule has 0 aliphatic rings. The molecule has 1 aromatic heterocycles. The van der Waals surface area contributed by atoms with Gasteiger partial charge in [0.2, 0.25) is 5.91 Å². The average molecular weight is 228 g/mol. The number of rotatable bonds is 3. The zero-order valence-electron chi connectivity index (χ0n) is 8.52. The normalized spacial score (nSPS) is 11.1. The fraction of sp³-hybridized carbons (Fsp3) is 0.333. The first kappa shape index (κ1) is 11.6. The quantitative estimate of drug-likeness (QED) is 0.831. The van der Waals surface area contributed by atoms with Gasteiger partial charge in [0.25, 0.3) is 0 Å². The minimum Gasteiger partial charge on any atom is -0.311 e. The van der Waals surface area contributed by atoms with Crippen LogP contribution in [0.1, 0.15) is 13.3 Å². The lowest BCUT2D eigenvalue weighted by Gasteiger charge is -2.02. The van der Waals surface area contributed by atoms with Crippen LogP contribution in [0.15, 0.2) is 23.2 Å². The molecule has 15 heavy (non-hydrogen) atoms. The summed E-state index contributed by atoms with van der Waals surface area (Å²) in [5, 5.41) is 2.53. The second-order valence-electron chi connectivity index (χ2n) is 3.05. The van der Waals surface area contributed by atoms with Crippen molar-refractivity contribution < 1.29 is 13.2 Å². The zero-order chi connectivity index (χ0) is 11.5. The highest BCUT2D eigenvalue weighted by Crippen LogP contribution is 2.10. The van der Waals surface area contributed by atoms with Gasteiger partial charge >= 0.3 is 0 Å². The minimum atomic E-state index is -3.23. The number of hydrogen-bond donors (Lipinski definition) is 1. The lowest BCUT2D eigenvalue weighted by molar-refractivity contribution is -0.115. The Balaban J connectivity index is 2.86. The number of anilines is 1. The Morgan fingerprint density at radius 2 is 2.13 bits per heavy atom. The Morgan fingerprint density at radius 3 is 2.53 bits per heavy atom. The van der Waals surface area contributed by atoms with Crippen molar-refractivity contribution in [2.24, 2.45) is 0 Å². The number of carbonyl (C=O) groups is 1. The molecule has 0 bridgehead atoms. The second-order valence-corrected chi connectivity index (χ2v) is 5.07. The number of hydrogen-bond acceptors (Lipinski definition) is 4. The van der Waals surface area contributed by atoms with E-state index in [-0.39, 0.29) is 10.8 Å². The molecule has 1 N–H and O–H groups in total. The summed E-state index contributed by atoms with van der Waals surface area (Å²) in [6.07, 6.45) is 2.68. The number of carbonyl (C=O) groups excluding carboxylic acids is 1. The molecule has 1 rings (SSSR count). The van der Waals surface area contributed by atoms with E-state index in [2.05, 4.69) is 10.3 Å². The SMILES string of the molecule is CCC(=O)Nc1ccc(S(C)(=O)=O)cn1. The van der Waals surface area contributed by atoms with Crippen LogP contribution in [0.3, 0.4) is 0 Å². The predicted octanol–water partition coefficient (Wildman–Crippen LogP) is 0.834. The first-order chi connectivity index (χ1) is 6.93. The van der Waals surface area contributed by atoms with Gasteiger partial charge in [0.15, 0.2) is 9.84 Å². The highest BCUT2D eigenvalue weighted by atomic mass is 32.2. The van der Waals surface area contributed by atoms with Crippen LogP contribution in [0.4, 0.5) is 5.82 Å². The van der Waals surface area contributed by atoms with Gasteiger partial charge < -0.3 is 5.32 Å². The average Bonchev–Trinajstić information content (AvgIpc) is 2.17. The van der Waals surface area contributed by atoms with Gasteiger partial charge in [0.05, 0.1) is 4.90 Å². The summed E-state index contributed by atoms with van der Waals surface area (Å²) in [5.41, 5.74) is 0. The van der Waals surface area contributed by atoms with E-state index in [4.69, 9.17) is 0 Å². The third-order valence-corrected chi connectivity index (χ3v) is 2.85. The summed E-state index contributed by atoms with van der Waals surface area (Å²) < 4.78 is 22.2. The number of sulfone groups is 1. The molecule has 0 aliphatic carbocycles. The van der Waals surface area contributed by atoms with Crippen molar-refractivity contribution in [3.63, 3.8) is 0 Å². The largest absolute Gasteiger partial charge is 0.311 e. The lowest BCUT2D eigenvalue weighted by atomic mass is 10.4. The summed E-state index contributed by atoms with van der Waals surface area (Å²) in [6.45, 7) is 1.72. The van der Waals surface area contributed by atoms with Crippen molar-refractivity contribution in [1.82, 2.24) is 4.98 Å². The molecular formula is C9H12N2O3S. The third kappa shape index (κ3) is 3.32. The van der Waals surface area contributed by atoms with Crippen LogP contribution in [-0.2, 0) is 14.6 Å². The van der Waals surface area contributed by atoms with E-state index in [9.17, 15) is 13.2 Å². The molecule has 0 fully saturated rings.